The van der Waals surface area contributed by atoms with Crippen molar-refractivity contribution in [3.05, 3.63) is 29.0 Å². The van der Waals surface area contributed by atoms with E-state index < -0.39 is 11.7 Å². The molecule has 0 aliphatic carbocycles. The third-order valence-corrected chi connectivity index (χ3v) is 2.59. The van der Waals surface area contributed by atoms with E-state index in [0.29, 0.717) is 11.2 Å². The Bertz CT molecular complexity index is 611. The Hall–Kier alpha value is -1.56. The van der Waals surface area contributed by atoms with Gasteiger partial charge in [0.15, 0.2) is 0 Å². The molecule has 0 atom stereocenters. The van der Waals surface area contributed by atoms with Gasteiger partial charge in [0.1, 0.15) is 5.82 Å². The Kier molecular flexibility index (Phi) is 3.54. The first-order valence-corrected chi connectivity index (χ1v) is 5.96. The normalized spacial score (nSPS) is 12.2. The van der Waals surface area contributed by atoms with E-state index in [9.17, 15) is 13.2 Å². The second-order valence-electron chi connectivity index (χ2n) is 4.37. The van der Waals surface area contributed by atoms with Crippen LogP contribution in [-0.4, -0.2) is 16.0 Å². The number of hydrogen-bond acceptors (Lipinski definition) is 3. The number of halogens is 4. The predicted molar refractivity (Wildman–Crippen MR) is 68.3 cm³/mol. The quantitative estimate of drug-likeness (QED) is 0.845. The SMILES string of the molecule is CC(C)Nc1nc(Cl)nc2cc(C(F)(F)F)ccc12. The van der Waals surface area contributed by atoms with Crippen molar-refractivity contribution >= 4 is 28.3 Å². The van der Waals surface area contributed by atoms with E-state index in [1.54, 1.807) is 0 Å². The zero-order valence-corrected chi connectivity index (χ0v) is 11.0. The number of aromatic nitrogens is 2. The lowest BCUT2D eigenvalue weighted by Crippen LogP contribution is -2.12. The molecule has 0 saturated heterocycles. The van der Waals surface area contributed by atoms with Gasteiger partial charge in [-0.1, -0.05) is 0 Å². The maximum atomic E-state index is 12.6. The summed E-state index contributed by atoms with van der Waals surface area (Å²) in [4.78, 5) is 7.83. The summed E-state index contributed by atoms with van der Waals surface area (Å²) in [6, 6.07) is 3.40. The van der Waals surface area contributed by atoms with Crippen LogP contribution >= 0.6 is 11.6 Å². The van der Waals surface area contributed by atoms with Crippen molar-refractivity contribution in [2.75, 3.05) is 5.32 Å². The van der Waals surface area contributed by atoms with Crippen molar-refractivity contribution in [3.8, 4) is 0 Å². The number of hydrogen-bond donors (Lipinski definition) is 1. The van der Waals surface area contributed by atoms with Crippen LogP contribution in [0.3, 0.4) is 0 Å². The van der Waals surface area contributed by atoms with E-state index in [4.69, 9.17) is 11.6 Å². The van der Waals surface area contributed by atoms with Gasteiger partial charge in [0.05, 0.1) is 11.1 Å². The molecule has 0 aliphatic rings. The van der Waals surface area contributed by atoms with Gasteiger partial charge < -0.3 is 5.32 Å². The van der Waals surface area contributed by atoms with Crippen LogP contribution in [0.5, 0.6) is 0 Å². The van der Waals surface area contributed by atoms with Crippen molar-refractivity contribution in [3.63, 3.8) is 0 Å². The number of fused-ring (bicyclic) bond motifs is 1. The first-order valence-electron chi connectivity index (χ1n) is 5.58. The minimum atomic E-state index is -4.41. The summed E-state index contributed by atoms with van der Waals surface area (Å²) in [7, 11) is 0. The van der Waals surface area contributed by atoms with Crippen LogP contribution in [0.15, 0.2) is 18.2 Å². The van der Waals surface area contributed by atoms with Gasteiger partial charge in [-0.05, 0) is 43.6 Å². The Morgan fingerprint density at radius 2 is 1.89 bits per heavy atom. The lowest BCUT2D eigenvalue weighted by atomic mass is 10.1. The molecule has 0 fully saturated rings. The molecule has 0 saturated carbocycles. The lowest BCUT2D eigenvalue weighted by Gasteiger charge is -2.13. The summed E-state index contributed by atoms with van der Waals surface area (Å²) < 4.78 is 37.9. The zero-order chi connectivity index (χ0) is 14.2. The summed E-state index contributed by atoms with van der Waals surface area (Å²) in [5.74, 6) is 0.429. The van der Waals surface area contributed by atoms with Crippen molar-refractivity contribution in [1.82, 2.24) is 9.97 Å². The number of benzene rings is 1. The topological polar surface area (TPSA) is 37.8 Å². The molecule has 2 aromatic rings. The van der Waals surface area contributed by atoms with E-state index in [1.807, 2.05) is 13.8 Å². The fourth-order valence-electron chi connectivity index (χ4n) is 1.66. The monoisotopic (exact) mass is 289 g/mol. The predicted octanol–water partition coefficient (Wildman–Crippen LogP) is 4.12. The first-order chi connectivity index (χ1) is 8.77. The fourth-order valence-corrected chi connectivity index (χ4v) is 1.84. The Labute approximate surface area is 112 Å². The second-order valence-corrected chi connectivity index (χ2v) is 4.71. The van der Waals surface area contributed by atoms with Crippen LogP contribution in [0.2, 0.25) is 5.28 Å². The van der Waals surface area contributed by atoms with Gasteiger partial charge in [-0.2, -0.15) is 13.2 Å². The van der Waals surface area contributed by atoms with Crippen molar-refractivity contribution in [2.24, 2.45) is 0 Å². The number of rotatable bonds is 2. The third kappa shape index (κ3) is 3.07. The molecule has 2 rings (SSSR count). The molecule has 0 amide bonds. The minimum Gasteiger partial charge on any atom is -0.367 e. The van der Waals surface area contributed by atoms with E-state index in [1.165, 1.54) is 6.07 Å². The molecule has 0 spiro atoms. The molecule has 1 aromatic carbocycles. The van der Waals surface area contributed by atoms with Gasteiger partial charge in [0, 0.05) is 11.4 Å². The zero-order valence-electron chi connectivity index (χ0n) is 10.2. The lowest BCUT2D eigenvalue weighted by molar-refractivity contribution is -0.137. The average molecular weight is 290 g/mol. The van der Waals surface area contributed by atoms with Crippen LogP contribution in [0.25, 0.3) is 10.9 Å². The molecule has 0 aliphatic heterocycles. The summed E-state index contributed by atoms with van der Waals surface area (Å²) in [5.41, 5.74) is -0.594. The Balaban J connectivity index is 2.61. The Morgan fingerprint density at radius 1 is 1.21 bits per heavy atom. The molecule has 19 heavy (non-hydrogen) atoms. The van der Waals surface area contributed by atoms with Crippen LogP contribution in [0.1, 0.15) is 19.4 Å². The van der Waals surface area contributed by atoms with E-state index >= 15 is 0 Å². The molecule has 1 aromatic heterocycles. The highest BCUT2D eigenvalue weighted by Crippen LogP contribution is 2.32. The summed E-state index contributed by atoms with van der Waals surface area (Å²) >= 11 is 5.73. The van der Waals surface area contributed by atoms with Gasteiger partial charge in [0.2, 0.25) is 5.28 Å². The number of anilines is 1. The molecule has 102 valence electrons. The molecule has 1 N–H and O–H groups in total. The van der Waals surface area contributed by atoms with E-state index in [2.05, 4.69) is 15.3 Å². The smallest absolute Gasteiger partial charge is 0.367 e. The third-order valence-electron chi connectivity index (χ3n) is 2.42. The standard InChI is InChI=1S/C12H11ClF3N3/c1-6(2)17-10-8-4-3-7(12(14,15)16)5-9(8)18-11(13)19-10/h3-6H,1-2H3,(H,17,18,19). The van der Waals surface area contributed by atoms with Crippen LogP contribution < -0.4 is 5.32 Å². The van der Waals surface area contributed by atoms with Crippen molar-refractivity contribution in [2.45, 2.75) is 26.1 Å². The number of nitrogens with one attached hydrogen (secondary N) is 1. The van der Waals surface area contributed by atoms with E-state index in [0.717, 1.165) is 12.1 Å². The molecular formula is C12H11ClF3N3. The molecular weight excluding hydrogens is 279 g/mol. The van der Waals surface area contributed by atoms with E-state index in [-0.39, 0.29) is 16.8 Å². The van der Waals surface area contributed by atoms with Crippen molar-refractivity contribution < 1.29 is 13.2 Å². The highest BCUT2D eigenvalue weighted by atomic mass is 35.5. The summed E-state index contributed by atoms with van der Waals surface area (Å²) in [6.07, 6.45) is -4.41. The van der Waals surface area contributed by atoms with Crippen LogP contribution in [0.4, 0.5) is 19.0 Å². The number of alkyl halides is 3. The van der Waals surface area contributed by atoms with Gasteiger partial charge in [-0.3, -0.25) is 0 Å². The molecule has 7 heteroatoms. The maximum Gasteiger partial charge on any atom is 0.416 e. The number of nitrogens with zero attached hydrogens (tertiary/aromatic N) is 2. The average Bonchev–Trinajstić information content (AvgIpc) is 2.25. The minimum absolute atomic E-state index is 0.0801. The maximum absolute atomic E-state index is 12.6. The highest BCUT2D eigenvalue weighted by molar-refractivity contribution is 6.28. The molecule has 0 unspecified atom stereocenters. The molecule has 0 radical (unpaired) electrons. The summed E-state index contributed by atoms with van der Waals surface area (Å²) in [5, 5.41) is 3.45. The molecule has 0 bridgehead atoms. The highest BCUT2D eigenvalue weighted by Gasteiger charge is 2.30. The van der Waals surface area contributed by atoms with Gasteiger partial charge in [-0.25, -0.2) is 9.97 Å². The largest absolute Gasteiger partial charge is 0.416 e. The van der Waals surface area contributed by atoms with Crippen LogP contribution in [0, 0.1) is 0 Å². The fraction of sp³-hybridized carbons (Fsp3) is 0.333. The Morgan fingerprint density at radius 3 is 2.47 bits per heavy atom. The second kappa shape index (κ2) is 4.85. The first kappa shape index (κ1) is 13.9. The molecule has 1 heterocycles. The van der Waals surface area contributed by atoms with Gasteiger partial charge >= 0.3 is 6.18 Å². The molecule has 3 nitrogen and oxygen atoms in total. The van der Waals surface area contributed by atoms with Gasteiger partial charge in [-0.15, -0.1) is 0 Å². The van der Waals surface area contributed by atoms with Crippen LogP contribution in [-0.2, 0) is 6.18 Å². The van der Waals surface area contributed by atoms with Gasteiger partial charge in [0.25, 0.3) is 0 Å². The summed E-state index contributed by atoms with van der Waals surface area (Å²) in [6.45, 7) is 3.79. The van der Waals surface area contributed by atoms with Crippen molar-refractivity contribution in [1.29, 1.82) is 0 Å².